The maximum atomic E-state index is 12.0. The first-order valence-corrected chi connectivity index (χ1v) is 6.92. The molecule has 23 heavy (non-hydrogen) atoms. The predicted octanol–water partition coefficient (Wildman–Crippen LogP) is 0.905. The summed E-state index contributed by atoms with van der Waals surface area (Å²) in [6, 6.07) is 4.78. The molecule has 1 N–H and O–H groups in total. The van der Waals surface area contributed by atoms with Crippen LogP contribution in [0.5, 0.6) is 5.75 Å². The van der Waals surface area contributed by atoms with E-state index in [1.54, 1.807) is 12.1 Å². The molecule has 0 unspecified atom stereocenters. The normalized spacial score (nSPS) is 11.6. The topological polar surface area (TPSA) is 108 Å². The fourth-order valence-corrected chi connectivity index (χ4v) is 1.92. The van der Waals surface area contributed by atoms with Gasteiger partial charge in [-0.15, -0.1) is 5.10 Å². The number of amides is 1. The molecule has 0 saturated carbocycles. The highest BCUT2D eigenvalue weighted by atomic mass is 35.5. The number of tetrazole rings is 1. The van der Waals surface area contributed by atoms with Gasteiger partial charge >= 0.3 is 5.97 Å². The lowest BCUT2D eigenvalue weighted by molar-refractivity contribution is -0.153. The number of hydrogen-bond acceptors (Lipinski definition) is 7. The van der Waals surface area contributed by atoms with Crippen molar-refractivity contribution in [2.45, 2.75) is 19.6 Å². The number of carbonyl (C=O) groups excluding carboxylic acids is 2. The zero-order valence-corrected chi connectivity index (χ0v) is 13.1. The Morgan fingerprint density at radius 3 is 2.83 bits per heavy atom. The first-order valence-electron chi connectivity index (χ1n) is 6.54. The number of nitrogens with one attached hydrogen (secondary N) is 1. The van der Waals surface area contributed by atoms with Gasteiger partial charge in [0.2, 0.25) is 0 Å². The van der Waals surface area contributed by atoms with E-state index in [-0.39, 0.29) is 6.54 Å². The highest BCUT2D eigenvalue weighted by molar-refractivity contribution is 6.32. The van der Waals surface area contributed by atoms with Gasteiger partial charge in [-0.1, -0.05) is 11.6 Å². The molecular weight excluding hydrogens is 326 g/mol. The van der Waals surface area contributed by atoms with Gasteiger partial charge in [-0.3, -0.25) is 9.59 Å². The molecule has 9 nitrogen and oxygen atoms in total. The van der Waals surface area contributed by atoms with Gasteiger partial charge in [0.25, 0.3) is 5.91 Å². The fourth-order valence-electron chi connectivity index (χ4n) is 1.66. The Bertz CT molecular complexity index is 692. The van der Waals surface area contributed by atoms with E-state index < -0.39 is 18.0 Å². The van der Waals surface area contributed by atoms with Crippen LogP contribution in [0.15, 0.2) is 24.5 Å². The van der Waals surface area contributed by atoms with Crippen LogP contribution >= 0.6 is 11.6 Å². The molecule has 1 heterocycles. The van der Waals surface area contributed by atoms with Crippen molar-refractivity contribution >= 4 is 29.2 Å². The van der Waals surface area contributed by atoms with Crippen molar-refractivity contribution in [3.63, 3.8) is 0 Å². The number of carbonyl (C=O) groups is 2. The van der Waals surface area contributed by atoms with Crippen LogP contribution in [0, 0.1) is 0 Å². The number of halogens is 1. The van der Waals surface area contributed by atoms with Gasteiger partial charge in [0.1, 0.15) is 18.6 Å². The first-order chi connectivity index (χ1) is 11.0. The van der Waals surface area contributed by atoms with Gasteiger partial charge in [0.05, 0.1) is 12.1 Å². The van der Waals surface area contributed by atoms with Crippen molar-refractivity contribution in [3.05, 3.63) is 29.5 Å². The molecule has 2 rings (SSSR count). The Kier molecular flexibility index (Phi) is 5.47. The molecule has 1 atom stereocenters. The fraction of sp³-hybridized carbons (Fsp3) is 0.308. The minimum Gasteiger partial charge on any atom is -0.495 e. The van der Waals surface area contributed by atoms with Crippen molar-refractivity contribution in [1.29, 1.82) is 0 Å². The summed E-state index contributed by atoms with van der Waals surface area (Å²) >= 11 is 5.97. The van der Waals surface area contributed by atoms with Gasteiger partial charge in [0.15, 0.2) is 6.10 Å². The lowest BCUT2D eigenvalue weighted by Gasteiger charge is -2.14. The quantitative estimate of drug-likeness (QED) is 0.779. The number of anilines is 1. The molecule has 0 fully saturated rings. The van der Waals surface area contributed by atoms with Crippen molar-refractivity contribution in [2.75, 3.05) is 12.4 Å². The molecule has 1 amide bonds. The second-order valence-corrected chi connectivity index (χ2v) is 4.89. The van der Waals surface area contributed by atoms with E-state index in [4.69, 9.17) is 21.1 Å². The molecule has 10 heteroatoms. The number of benzene rings is 1. The molecular formula is C13H14ClN5O4. The van der Waals surface area contributed by atoms with Crippen molar-refractivity contribution in [3.8, 4) is 5.75 Å². The maximum absolute atomic E-state index is 12.0. The van der Waals surface area contributed by atoms with Gasteiger partial charge in [-0.2, -0.15) is 0 Å². The molecule has 0 bridgehead atoms. The average molecular weight is 340 g/mol. The van der Waals surface area contributed by atoms with Crippen molar-refractivity contribution in [2.24, 2.45) is 0 Å². The second-order valence-electron chi connectivity index (χ2n) is 4.48. The third-order valence-corrected chi connectivity index (χ3v) is 3.07. The lowest BCUT2D eigenvalue weighted by Crippen LogP contribution is -2.31. The van der Waals surface area contributed by atoms with Crippen molar-refractivity contribution < 1.29 is 19.1 Å². The van der Waals surface area contributed by atoms with Crippen LogP contribution in [0.1, 0.15) is 6.92 Å². The van der Waals surface area contributed by atoms with E-state index in [0.29, 0.717) is 16.5 Å². The number of esters is 1. The molecule has 0 spiro atoms. The molecule has 0 aliphatic heterocycles. The van der Waals surface area contributed by atoms with Crippen LogP contribution in [0.2, 0.25) is 5.02 Å². The highest BCUT2D eigenvalue weighted by Crippen LogP contribution is 2.27. The molecule has 122 valence electrons. The summed E-state index contributed by atoms with van der Waals surface area (Å²) in [5.74, 6) is -0.630. The zero-order valence-electron chi connectivity index (χ0n) is 12.4. The number of aromatic nitrogens is 4. The van der Waals surface area contributed by atoms with Crippen molar-refractivity contribution in [1.82, 2.24) is 20.2 Å². The van der Waals surface area contributed by atoms with Crippen LogP contribution in [0.25, 0.3) is 0 Å². The largest absolute Gasteiger partial charge is 0.495 e. The van der Waals surface area contributed by atoms with Crippen LogP contribution in [-0.2, 0) is 20.9 Å². The van der Waals surface area contributed by atoms with Gasteiger partial charge in [-0.05, 0) is 35.5 Å². The van der Waals surface area contributed by atoms with E-state index >= 15 is 0 Å². The zero-order chi connectivity index (χ0) is 16.8. The number of nitrogens with zero attached hydrogens (tertiary/aromatic N) is 4. The van der Waals surface area contributed by atoms with Crippen LogP contribution in [0.3, 0.4) is 0 Å². The van der Waals surface area contributed by atoms with Crippen LogP contribution in [-0.4, -0.2) is 45.3 Å². The van der Waals surface area contributed by atoms with E-state index in [1.165, 1.54) is 31.1 Å². The summed E-state index contributed by atoms with van der Waals surface area (Å²) in [5.41, 5.74) is 0.462. The van der Waals surface area contributed by atoms with Gasteiger partial charge in [0, 0.05) is 5.69 Å². The summed E-state index contributed by atoms with van der Waals surface area (Å²) in [6.45, 7) is 1.27. The number of methoxy groups -OCH3 is 1. The minimum absolute atomic E-state index is 0.182. The number of hydrogen-bond donors (Lipinski definition) is 1. The lowest BCUT2D eigenvalue weighted by atomic mass is 10.3. The third kappa shape index (κ3) is 4.65. The Labute approximate surface area is 136 Å². The molecule has 0 aliphatic carbocycles. The maximum Gasteiger partial charge on any atom is 0.328 e. The SMILES string of the molecule is COc1ccc(NC(=O)[C@H](C)OC(=O)Cn2cnnn2)cc1Cl. The van der Waals surface area contributed by atoms with E-state index in [2.05, 4.69) is 20.8 Å². The summed E-state index contributed by atoms with van der Waals surface area (Å²) < 4.78 is 11.2. The first kappa shape index (κ1) is 16.7. The smallest absolute Gasteiger partial charge is 0.328 e. The monoisotopic (exact) mass is 339 g/mol. The summed E-state index contributed by atoms with van der Waals surface area (Å²) in [4.78, 5) is 23.7. The Hall–Kier alpha value is -2.68. The Morgan fingerprint density at radius 2 is 2.22 bits per heavy atom. The minimum atomic E-state index is -0.986. The van der Waals surface area contributed by atoms with E-state index in [1.807, 2.05) is 0 Å². The Morgan fingerprint density at radius 1 is 1.43 bits per heavy atom. The van der Waals surface area contributed by atoms with Crippen LogP contribution in [0.4, 0.5) is 5.69 Å². The number of ether oxygens (including phenoxy) is 2. The van der Waals surface area contributed by atoms with Crippen LogP contribution < -0.4 is 10.1 Å². The van der Waals surface area contributed by atoms with Gasteiger partial charge in [-0.25, -0.2) is 4.68 Å². The molecule has 1 aromatic heterocycles. The molecule has 0 saturated heterocycles. The standard InChI is InChI=1S/C13H14ClN5O4/c1-8(23-12(20)6-19-7-15-17-18-19)13(21)16-9-3-4-11(22-2)10(14)5-9/h3-5,7-8H,6H2,1-2H3,(H,16,21)/t8-/m0/s1. The van der Waals surface area contributed by atoms with Gasteiger partial charge < -0.3 is 14.8 Å². The summed E-state index contributed by atoms with van der Waals surface area (Å²) in [6.07, 6.45) is 0.283. The molecule has 2 aromatic rings. The molecule has 0 radical (unpaired) electrons. The second kappa shape index (κ2) is 7.54. The molecule has 0 aliphatic rings. The summed E-state index contributed by atoms with van der Waals surface area (Å²) in [5, 5.41) is 13.3. The highest BCUT2D eigenvalue weighted by Gasteiger charge is 2.18. The van der Waals surface area contributed by atoms with E-state index in [0.717, 1.165) is 0 Å². The Balaban J connectivity index is 1.89. The molecule has 1 aromatic carbocycles. The van der Waals surface area contributed by atoms with E-state index in [9.17, 15) is 9.59 Å². The summed E-state index contributed by atoms with van der Waals surface area (Å²) in [7, 11) is 1.49. The average Bonchev–Trinajstić information content (AvgIpc) is 3.00. The number of rotatable bonds is 6. The third-order valence-electron chi connectivity index (χ3n) is 2.78. The predicted molar refractivity (Wildman–Crippen MR) is 80.0 cm³/mol.